The van der Waals surface area contributed by atoms with Crippen molar-refractivity contribution in [1.82, 2.24) is 20.0 Å². The number of halogens is 3. The van der Waals surface area contributed by atoms with Crippen LogP contribution in [0.3, 0.4) is 0 Å². The van der Waals surface area contributed by atoms with E-state index in [0.717, 1.165) is 30.4 Å². The highest BCUT2D eigenvalue weighted by Gasteiger charge is 2.33. The Morgan fingerprint density at radius 3 is 2.44 bits per heavy atom. The van der Waals surface area contributed by atoms with E-state index < -0.39 is 11.9 Å². The summed E-state index contributed by atoms with van der Waals surface area (Å²) in [5.74, 6) is 0.169. The molecular weight excluding hydrogens is 357 g/mol. The lowest BCUT2D eigenvalue weighted by atomic mass is 10.1. The molecule has 1 aliphatic heterocycles. The molecule has 1 saturated heterocycles. The molecular formula is C19H23F3N4O. The van der Waals surface area contributed by atoms with Crippen LogP contribution in [0.25, 0.3) is 5.69 Å². The van der Waals surface area contributed by atoms with Gasteiger partial charge in [0.2, 0.25) is 0 Å². The van der Waals surface area contributed by atoms with Gasteiger partial charge in [0.1, 0.15) is 0 Å². The standard InChI is InChI=1S/C19H23F3N4O/c1-14(13-25-9-2-3-10-25)12-23-18(27)15-4-6-16(7-5-15)26-11-8-17(24-26)19(20,21)22/h4-8,11,14H,2-3,9-10,12-13H2,1H3,(H,23,27). The molecule has 1 atom stereocenters. The fraction of sp³-hybridized carbons (Fsp3) is 0.474. The zero-order valence-corrected chi connectivity index (χ0v) is 15.2. The van der Waals surface area contributed by atoms with Gasteiger partial charge in [-0.05, 0) is 62.2 Å². The highest BCUT2D eigenvalue weighted by atomic mass is 19.4. The number of alkyl halides is 3. The third kappa shape index (κ3) is 5.09. The predicted molar refractivity (Wildman–Crippen MR) is 95.7 cm³/mol. The second-order valence-electron chi connectivity index (χ2n) is 7.01. The van der Waals surface area contributed by atoms with E-state index in [1.165, 1.54) is 19.0 Å². The van der Waals surface area contributed by atoms with Crippen molar-refractivity contribution in [2.45, 2.75) is 25.9 Å². The van der Waals surface area contributed by atoms with Crippen molar-refractivity contribution in [1.29, 1.82) is 0 Å². The van der Waals surface area contributed by atoms with Crippen LogP contribution in [-0.2, 0) is 6.18 Å². The Kier molecular flexibility index (Phi) is 5.84. The van der Waals surface area contributed by atoms with E-state index in [1.54, 1.807) is 24.3 Å². The van der Waals surface area contributed by atoms with Crippen LogP contribution in [0.5, 0.6) is 0 Å². The van der Waals surface area contributed by atoms with Crippen molar-refractivity contribution in [2.75, 3.05) is 26.2 Å². The lowest BCUT2D eigenvalue weighted by Crippen LogP contribution is -2.34. The number of carbonyl (C=O) groups excluding carboxylic acids is 1. The number of amides is 1. The molecule has 0 bridgehead atoms. The van der Waals surface area contributed by atoms with Crippen molar-refractivity contribution in [2.24, 2.45) is 5.92 Å². The molecule has 1 aliphatic rings. The van der Waals surface area contributed by atoms with Crippen LogP contribution < -0.4 is 5.32 Å². The first-order valence-corrected chi connectivity index (χ1v) is 9.07. The Bertz CT molecular complexity index is 764. The fourth-order valence-corrected chi connectivity index (χ4v) is 3.22. The van der Waals surface area contributed by atoms with Gasteiger partial charge in [-0.25, -0.2) is 4.68 Å². The first-order chi connectivity index (χ1) is 12.8. The number of rotatable bonds is 6. The number of carbonyl (C=O) groups is 1. The third-order valence-electron chi connectivity index (χ3n) is 4.65. The summed E-state index contributed by atoms with van der Waals surface area (Å²) in [5, 5.41) is 6.44. The smallest absolute Gasteiger partial charge is 0.352 e. The van der Waals surface area contributed by atoms with Gasteiger partial charge in [-0.2, -0.15) is 18.3 Å². The van der Waals surface area contributed by atoms with Crippen molar-refractivity contribution in [3.05, 3.63) is 47.8 Å². The highest BCUT2D eigenvalue weighted by Crippen LogP contribution is 2.27. The number of likely N-dealkylation sites (tertiary alicyclic amines) is 1. The summed E-state index contributed by atoms with van der Waals surface area (Å²) in [6, 6.07) is 7.25. The van der Waals surface area contributed by atoms with Gasteiger partial charge in [-0.1, -0.05) is 6.92 Å². The molecule has 1 amide bonds. The second kappa shape index (κ2) is 8.12. The summed E-state index contributed by atoms with van der Waals surface area (Å²) in [4.78, 5) is 14.7. The largest absolute Gasteiger partial charge is 0.435 e. The molecule has 5 nitrogen and oxygen atoms in total. The van der Waals surface area contributed by atoms with Gasteiger partial charge in [-0.3, -0.25) is 4.79 Å². The number of hydrogen-bond donors (Lipinski definition) is 1. The van der Waals surface area contributed by atoms with Gasteiger partial charge in [0.15, 0.2) is 5.69 Å². The van der Waals surface area contributed by atoms with E-state index in [1.807, 2.05) is 0 Å². The Morgan fingerprint density at radius 2 is 1.85 bits per heavy atom. The van der Waals surface area contributed by atoms with Crippen LogP contribution in [0.4, 0.5) is 13.2 Å². The Hall–Kier alpha value is -2.35. The van der Waals surface area contributed by atoms with E-state index in [2.05, 4.69) is 22.2 Å². The van der Waals surface area contributed by atoms with Gasteiger partial charge in [0, 0.05) is 24.8 Å². The lowest BCUT2D eigenvalue weighted by molar-refractivity contribution is -0.141. The molecule has 1 N–H and O–H groups in total. The lowest BCUT2D eigenvalue weighted by Gasteiger charge is -2.20. The van der Waals surface area contributed by atoms with Gasteiger partial charge in [0.05, 0.1) is 5.69 Å². The van der Waals surface area contributed by atoms with Crippen LogP contribution >= 0.6 is 0 Å². The highest BCUT2D eigenvalue weighted by molar-refractivity contribution is 5.94. The van der Waals surface area contributed by atoms with Gasteiger partial charge < -0.3 is 10.2 Å². The summed E-state index contributed by atoms with van der Waals surface area (Å²) >= 11 is 0. The second-order valence-corrected chi connectivity index (χ2v) is 7.01. The first-order valence-electron chi connectivity index (χ1n) is 9.07. The minimum Gasteiger partial charge on any atom is -0.352 e. The van der Waals surface area contributed by atoms with Crippen molar-refractivity contribution in [3.8, 4) is 5.69 Å². The van der Waals surface area contributed by atoms with Crippen LogP contribution in [0.15, 0.2) is 36.5 Å². The maximum Gasteiger partial charge on any atom is 0.435 e. The molecule has 1 aromatic carbocycles. The van der Waals surface area contributed by atoms with Crippen molar-refractivity contribution < 1.29 is 18.0 Å². The number of aromatic nitrogens is 2. The van der Waals surface area contributed by atoms with Crippen LogP contribution in [-0.4, -0.2) is 46.8 Å². The number of nitrogens with zero attached hydrogens (tertiary/aromatic N) is 3. The van der Waals surface area contributed by atoms with Crippen LogP contribution in [0, 0.1) is 5.92 Å². The molecule has 146 valence electrons. The maximum absolute atomic E-state index is 12.6. The monoisotopic (exact) mass is 380 g/mol. The van der Waals surface area contributed by atoms with E-state index >= 15 is 0 Å². The summed E-state index contributed by atoms with van der Waals surface area (Å²) in [7, 11) is 0. The average molecular weight is 380 g/mol. The Balaban J connectivity index is 1.54. The number of benzene rings is 1. The number of nitrogens with one attached hydrogen (secondary N) is 1. The summed E-state index contributed by atoms with van der Waals surface area (Å²) in [6.07, 6.45) is -0.743. The van der Waals surface area contributed by atoms with Crippen molar-refractivity contribution in [3.63, 3.8) is 0 Å². The quantitative estimate of drug-likeness (QED) is 0.836. The zero-order chi connectivity index (χ0) is 19.4. The molecule has 1 unspecified atom stereocenters. The Morgan fingerprint density at radius 1 is 1.19 bits per heavy atom. The normalized spacial score (nSPS) is 16.4. The zero-order valence-electron chi connectivity index (χ0n) is 15.2. The fourth-order valence-electron chi connectivity index (χ4n) is 3.22. The Labute approximate surface area is 156 Å². The maximum atomic E-state index is 12.6. The minimum absolute atomic E-state index is 0.189. The predicted octanol–water partition coefficient (Wildman–Crippen LogP) is 3.35. The average Bonchev–Trinajstić information content (AvgIpc) is 3.31. The summed E-state index contributed by atoms with van der Waals surface area (Å²) < 4.78 is 39.0. The molecule has 0 radical (unpaired) electrons. The molecule has 2 heterocycles. The van der Waals surface area contributed by atoms with E-state index in [4.69, 9.17) is 0 Å². The third-order valence-corrected chi connectivity index (χ3v) is 4.65. The van der Waals surface area contributed by atoms with Crippen LogP contribution in [0.2, 0.25) is 0 Å². The summed E-state index contributed by atoms with van der Waals surface area (Å²) in [5.41, 5.74) is -0.0175. The van der Waals surface area contributed by atoms with Crippen molar-refractivity contribution >= 4 is 5.91 Å². The van der Waals surface area contributed by atoms with E-state index in [-0.39, 0.29) is 5.91 Å². The molecule has 27 heavy (non-hydrogen) atoms. The SMILES string of the molecule is CC(CNC(=O)c1ccc(-n2ccc(C(F)(F)F)n2)cc1)CN1CCCC1. The number of hydrogen-bond acceptors (Lipinski definition) is 3. The molecule has 0 saturated carbocycles. The molecule has 8 heteroatoms. The van der Waals surface area contributed by atoms with Gasteiger partial charge in [0.25, 0.3) is 5.91 Å². The molecule has 3 rings (SSSR count). The van der Waals surface area contributed by atoms with Gasteiger partial charge >= 0.3 is 6.18 Å². The van der Waals surface area contributed by atoms with E-state index in [9.17, 15) is 18.0 Å². The first kappa shape index (κ1) is 19.4. The molecule has 2 aromatic rings. The molecule has 1 aromatic heterocycles. The molecule has 0 spiro atoms. The molecule has 1 fully saturated rings. The van der Waals surface area contributed by atoms with Crippen LogP contribution in [0.1, 0.15) is 35.8 Å². The van der Waals surface area contributed by atoms with E-state index in [0.29, 0.717) is 23.7 Å². The minimum atomic E-state index is -4.48. The van der Waals surface area contributed by atoms with Gasteiger partial charge in [-0.15, -0.1) is 0 Å². The summed E-state index contributed by atoms with van der Waals surface area (Å²) in [6.45, 7) is 5.93. The molecule has 0 aliphatic carbocycles. The topological polar surface area (TPSA) is 50.2 Å².